The maximum atomic E-state index is 12.7. The lowest BCUT2D eigenvalue weighted by atomic mass is 9.70. The Balaban J connectivity index is 1.66. The highest BCUT2D eigenvalue weighted by atomic mass is 16.8. The summed E-state index contributed by atoms with van der Waals surface area (Å²) in [5.41, 5.74) is 0.400. The molecule has 0 aromatic heterocycles. The zero-order chi connectivity index (χ0) is 18.4. The van der Waals surface area contributed by atoms with E-state index in [1.54, 1.807) is 19.9 Å². The molecule has 26 heavy (non-hydrogen) atoms. The normalized spacial score (nSPS) is 39.0. The standard InChI is InChI=1S/C17H19NO8/c1-17(2)25-14-9-7(10(19)12(21)15(14)26-17)5-3-6-13(24-4-23-6)11(20)8(5)16(22)18-9/h3,7,9-10,12,14-15,19-21H,4H2,1-2H3,(H,18,22)/t7-,9+,10-,12-,14-,15+/m0/s1. The van der Waals surface area contributed by atoms with Gasteiger partial charge in [0.15, 0.2) is 17.3 Å². The second-order valence-electron chi connectivity index (χ2n) is 7.49. The fourth-order valence-corrected chi connectivity index (χ4v) is 4.50. The molecule has 1 aromatic carbocycles. The van der Waals surface area contributed by atoms with Crippen molar-refractivity contribution in [3.8, 4) is 17.2 Å². The van der Waals surface area contributed by atoms with Gasteiger partial charge >= 0.3 is 0 Å². The SMILES string of the molecule is CC1(C)O[C@@H]2[C@@H](O)[C@@H](O)[C@H]3c4cc5c(c(O)c4C(=O)N[C@H]3[C@@H]2O1)OCO5. The number of rotatable bonds is 0. The van der Waals surface area contributed by atoms with Crippen molar-refractivity contribution in [2.45, 2.75) is 56.0 Å². The number of aromatic hydroxyl groups is 1. The number of carbonyl (C=O) groups is 1. The summed E-state index contributed by atoms with van der Waals surface area (Å²) in [6.07, 6.45) is -3.85. The van der Waals surface area contributed by atoms with Crippen molar-refractivity contribution in [2.75, 3.05) is 6.79 Å². The van der Waals surface area contributed by atoms with Crippen LogP contribution in [0.25, 0.3) is 0 Å². The fourth-order valence-electron chi connectivity index (χ4n) is 4.50. The molecular formula is C17H19NO8. The highest BCUT2D eigenvalue weighted by Crippen LogP contribution is 2.51. The minimum Gasteiger partial charge on any atom is -0.504 e. The largest absolute Gasteiger partial charge is 0.504 e. The van der Waals surface area contributed by atoms with Gasteiger partial charge in [-0.3, -0.25) is 4.79 Å². The number of aliphatic hydroxyl groups is 2. The predicted molar refractivity (Wildman–Crippen MR) is 84.1 cm³/mol. The quantitative estimate of drug-likeness (QED) is 0.488. The first-order valence-corrected chi connectivity index (χ1v) is 8.46. The van der Waals surface area contributed by atoms with Crippen LogP contribution in [0.4, 0.5) is 0 Å². The van der Waals surface area contributed by atoms with Gasteiger partial charge in [-0.1, -0.05) is 0 Å². The van der Waals surface area contributed by atoms with E-state index in [4.69, 9.17) is 18.9 Å². The molecule has 1 saturated heterocycles. The first kappa shape index (κ1) is 16.1. The van der Waals surface area contributed by atoms with Crippen LogP contribution in [0, 0.1) is 0 Å². The van der Waals surface area contributed by atoms with Gasteiger partial charge in [0, 0.05) is 5.92 Å². The third kappa shape index (κ3) is 1.96. The summed E-state index contributed by atoms with van der Waals surface area (Å²) in [5, 5.41) is 34.6. The van der Waals surface area contributed by atoms with Crippen molar-refractivity contribution in [2.24, 2.45) is 0 Å². The van der Waals surface area contributed by atoms with Gasteiger partial charge in [0.1, 0.15) is 18.3 Å². The molecule has 0 unspecified atom stereocenters. The highest BCUT2D eigenvalue weighted by Gasteiger charge is 2.60. The first-order valence-electron chi connectivity index (χ1n) is 8.46. The van der Waals surface area contributed by atoms with E-state index in [1.165, 1.54) is 0 Å². The van der Waals surface area contributed by atoms with Crippen molar-refractivity contribution in [1.82, 2.24) is 5.32 Å². The number of nitrogens with one attached hydrogen (secondary N) is 1. The first-order chi connectivity index (χ1) is 12.3. The van der Waals surface area contributed by atoms with E-state index in [1.807, 2.05) is 0 Å². The summed E-state index contributed by atoms with van der Waals surface area (Å²) in [7, 11) is 0. The molecule has 0 bridgehead atoms. The average molecular weight is 365 g/mol. The van der Waals surface area contributed by atoms with E-state index in [0.717, 1.165) is 0 Å². The lowest BCUT2D eigenvalue weighted by molar-refractivity contribution is -0.159. The molecule has 9 nitrogen and oxygen atoms in total. The molecule has 4 aliphatic rings. The number of benzene rings is 1. The summed E-state index contributed by atoms with van der Waals surface area (Å²) >= 11 is 0. The highest BCUT2D eigenvalue weighted by molar-refractivity contribution is 6.01. The van der Waals surface area contributed by atoms with Crippen molar-refractivity contribution in [1.29, 1.82) is 0 Å². The number of phenolic OH excluding ortho intramolecular Hbond substituents is 1. The van der Waals surface area contributed by atoms with Crippen LogP contribution in [0.2, 0.25) is 0 Å². The fraction of sp³-hybridized carbons (Fsp3) is 0.588. The summed E-state index contributed by atoms with van der Waals surface area (Å²) in [6, 6.07) is 0.949. The number of aliphatic hydroxyl groups excluding tert-OH is 2. The number of fused-ring (bicyclic) bond motifs is 6. The van der Waals surface area contributed by atoms with Gasteiger partial charge in [-0.2, -0.15) is 0 Å². The minimum absolute atomic E-state index is 0.0124. The monoisotopic (exact) mass is 365 g/mol. The Bertz CT molecular complexity index is 808. The molecule has 3 heterocycles. The molecule has 1 saturated carbocycles. The predicted octanol–water partition coefficient (Wildman–Crippen LogP) is -0.428. The van der Waals surface area contributed by atoms with Gasteiger partial charge in [-0.05, 0) is 25.5 Å². The number of hydrogen-bond acceptors (Lipinski definition) is 8. The molecule has 1 aliphatic carbocycles. The molecule has 6 atom stereocenters. The third-order valence-electron chi connectivity index (χ3n) is 5.51. The molecule has 140 valence electrons. The van der Waals surface area contributed by atoms with Gasteiger partial charge in [-0.15, -0.1) is 0 Å². The van der Waals surface area contributed by atoms with Gasteiger partial charge in [0.2, 0.25) is 12.5 Å². The van der Waals surface area contributed by atoms with E-state index >= 15 is 0 Å². The Morgan fingerprint density at radius 2 is 1.88 bits per heavy atom. The van der Waals surface area contributed by atoms with E-state index in [9.17, 15) is 20.1 Å². The summed E-state index contributed by atoms with van der Waals surface area (Å²) < 4.78 is 22.2. The Kier molecular flexibility index (Phi) is 3.11. The van der Waals surface area contributed by atoms with Crippen molar-refractivity contribution in [3.05, 3.63) is 17.2 Å². The van der Waals surface area contributed by atoms with E-state index < -0.39 is 48.1 Å². The number of ether oxygens (including phenoxy) is 4. The van der Waals surface area contributed by atoms with Crippen molar-refractivity contribution in [3.63, 3.8) is 0 Å². The van der Waals surface area contributed by atoms with Gasteiger partial charge in [0.25, 0.3) is 5.91 Å². The molecule has 1 amide bonds. The molecule has 2 fully saturated rings. The minimum atomic E-state index is -1.22. The van der Waals surface area contributed by atoms with Crippen LogP contribution in [-0.2, 0) is 9.47 Å². The van der Waals surface area contributed by atoms with Gasteiger partial charge in [-0.25, -0.2) is 0 Å². The van der Waals surface area contributed by atoms with E-state index in [0.29, 0.717) is 11.3 Å². The molecular weight excluding hydrogens is 346 g/mol. The maximum Gasteiger partial charge on any atom is 0.255 e. The average Bonchev–Trinajstić information content (AvgIpc) is 3.16. The number of carbonyl (C=O) groups excluding carboxylic acids is 1. The second kappa shape index (κ2) is 5.01. The van der Waals surface area contributed by atoms with Crippen LogP contribution in [-0.4, -0.2) is 64.3 Å². The summed E-state index contributed by atoms with van der Waals surface area (Å²) in [4.78, 5) is 12.7. The van der Waals surface area contributed by atoms with Gasteiger partial charge in [0.05, 0.1) is 17.7 Å². The van der Waals surface area contributed by atoms with Crippen LogP contribution in [0.15, 0.2) is 6.07 Å². The van der Waals surface area contributed by atoms with Gasteiger partial charge < -0.3 is 39.6 Å². The van der Waals surface area contributed by atoms with E-state index in [-0.39, 0.29) is 23.9 Å². The molecule has 4 N–H and O–H groups in total. The molecule has 1 aromatic rings. The lowest BCUT2D eigenvalue weighted by Gasteiger charge is -2.46. The zero-order valence-electron chi connectivity index (χ0n) is 14.1. The van der Waals surface area contributed by atoms with Crippen LogP contribution in [0.3, 0.4) is 0 Å². The Hall–Kier alpha value is -2.07. The Labute approximate surface area is 148 Å². The summed E-state index contributed by atoms with van der Waals surface area (Å²) in [6.45, 7) is 3.35. The van der Waals surface area contributed by atoms with Crippen LogP contribution in [0.5, 0.6) is 17.2 Å². The summed E-state index contributed by atoms with van der Waals surface area (Å²) in [5.74, 6) is -2.10. The van der Waals surface area contributed by atoms with Crippen LogP contribution in [0.1, 0.15) is 35.7 Å². The van der Waals surface area contributed by atoms with E-state index in [2.05, 4.69) is 5.32 Å². The van der Waals surface area contributed by atoms with Crippen LogP contribution < -0.4 is 14.8 Å². The molecule has 9 heteroatoms. The topological polar surface area (TPSA) is 127 Å². The third-order valence-corrected chi connectivity index (χ3v) is 5.51. The number of amides is 1. The van der Waals surface area contributed by atoms with Crippen molar-refractivity contribution < 1.29 is 39.1 Å². The number of hydrogen-bond donors (Lipinski definition) is 4. The molecule has 0 radical (unpaired) electrons. The smallest absolute Gasteiger partial charge is 0.255 e. The number of phenols is 1. The molecule has 5 rings (SSSR count). The zero-order valence-corrected chi connectivity index (χ0v) is 14.1. The lowest BCUT2D eigenvalue weighted by Crippen LogP contribution is -2.65. The Morgan fingerprint density at radius 1 is 1.15 bits per heavy atom. The van der Waals surface area contributed by atoms with Crippen molar-refractivity contribution >= 4 is 5.91 Å². The molecule has 3 aliphatic heterocycles. The Morgan fingerprint density at radius 3 is 2.65 bits per heavy atom. The molecule has 0 spiro atoms. The van der Waals surface area contributed by atoms with Crippen LogP contribution >= 0.6 is 0 Å². The maximum absolute atomic E-state index is 12.7. The second-order valence-corrected chi connectivity index (χ2v) is 7.49.